The minimum Gasteiger partial charge on any atom is -0.358 e. The molecule has 0 saturated heterocycles. The van der Waals surface area contributed by atoms with E-state index in [1.807, 2.05) is 24.0 Å². The summed E-state index contributed by atoms with van der Waals surface area (Å²) in [7, 11) is 2.01. The molecule has 0 amide bonds. The van der Waals surface area contributed by atoms with Gasteiger partial charge in [0.1, 0.15) is 7.05 Å². The van der Waals surface area contributed by atoms with Crippen LogP contribution < -0.4 is 4.57 Å². The van der Waals surface area contributed by atoms with Gasteiger partial charge >= 0.3 is 0 Å². The normalized spacial score (nSPS) is 8.22. The van der Waals surface area contributed by atoms with Crippen LogP contribution in [0.4, 0.5) is 0 Å². The number of pyridine rings is 1. The van der Waals surface area contributed by atoms with E-state index in [0.717, 1.165) is 0 Å². The van der Waals surface area contributed by atoms with E-state index in [0.29, 0.717) is 0 Å². The second kappa shape index (κ2) is 3.23. The minimum atomic E-state index is 0. The Balaban J connectivity index is 0.000000640. The Morgan fingerprint density at radius 3 is 2.00 bits per heavy atom. The molecule has 0 aromatic carbocycles. The largest absolute Gasteiger partial charge is 0.358 e. The molecule has 9 heavy (non-hydrogen) atoms. The number of rotatable bonds is 0. The van der Waals surface area contributed by atoms with Gasteiger partial charge in [0, 0.05) is 12.1 Å². The zero-order valence-electron chi connectivity index (χ0n) is 6.26. The molecule has 1 rings (SSSR count). The predicted molar refractivity (Wildman–Crippen MR) is 38.8 cm³/mol. The summed E-state index contributed by atoms with van der Waals surface area (Å²) < 4.78 is 2.02. The lowest BCUT2D eigenvalue weighted by Gasteiger charge is -1.85. The van der Waals surface area contributed by atoms with Crippen molar-refractivity contribution in [1.82, 2.24) is 0 Å². The smallest absolute Gasteiger partial charge is 0.168 e. The van der Waals surface area contributed by atoms with Crippen molar-refractivity contribution >= 4 is 0 Å². The molecule has 1 nitrogen and oxygen atoms in total. The Bertz CT molecular complexity index is 143. The van der Waals surface area contributed by atoms with Gasteiger partial charge < -0.3 is 7.43 Å². The first-order valence-corrected chi connectivity index (χ1v) is 2.71. The van der Waals surface area contributed by atoms with Gasteiger partial charge in [-0.15, -0.1) is 0 Å². The van der Waals surface area contributed by atoms with Crippen molar-refractivity contribution in [2.75, 3.05) is 0 Å². The van der Waals surface area contributed by atoms with Crippen LogP contribution >= 0.6 is 0 Å². The fourth-order valence-electron chi connectivity index (χ4n) is 0.576. The number of hydrogen-bond acceptors (Lipinski definition) is 0. The molecule has 0 N–H and O–H groups in total. The summed E-state index contributed by atoms with van der Waals surface area (Å²) in [4.78, 5) is 0. The maximum Gasteiger partial charge on any atom is 0.168 e. The van der Waals surface area contributed by atoms with Gasteiger partial charge in [-0.25, -0.2) is 4.57 Å². The zero-order chi connectivity index (χ0) is 5.98. The molecule has 0 aliphatic rings. The molecular formula is C8H13N. The van der Waals surface area contributed by atoms with E-state index >= 15 is 0 Å². The Morgan fingerprint density at radius 1 is 1.22 bits per heavy atom. The van der Waals surface area contributed by atoms with E-state index in [1.165, 1.54) is 5.56 Å². The van der Waals surface area contributed by atoms with Crippen molar-refractivity contribution in [3.63, 3.8) is 0 Å². The van der Waals surface area contributed by atoms with Gasteiger partial charge in [0.2, 0.25) is 0 Å². The lowest BCUT2D eigenvalue weighted by Crippen LogP contribution is -2.25. The van der Waals surface area contributed by atoms with Crippen LogP contribution in [0.25, 0.3) is 0 Å². The van der Waals surface area contributed by atoms with Crippen LogP contribution in [-0.2, 0) is 7.05 Å². The SMILES string of the molecule is Cc1cc[n+](C)cc1.[CH3-]. The van der Waals surface area contributed by atoms with Crippen molar-refractivity contribution in [3.8, 4) is 0 Å². The lowest BCUT2D eigenvalue weighted by molar-refractivity contribution is -0.671. The third kappa shape index (κ3) is 2.27. The molecule has 0 bridgehead atoms. The molecule has 0 spiro atoms. The maximum absolute atomic E-state index is 2.08. The molecule has 0 atom stereocenters. The lowest BCUT2D eigenvalue weighted by atomic mass is 10.3. The first-order valence-electron chi connectivity index (χ1n) is 2.71. The van der Waals surface area contributed by atoms with Gasteiger partial charge in [-0.05, 0) is 12.5 Å². The van der Waals surface area contributed by atoms with Crippen molar-refractivity contribution in [3.05, 3.63) is 37.5 Å². The summed E-state index contributed by atoms with van der Waals surface area (Å²) in [6, 6.07) is 4.17. The first kappa shape index (κ1) is 8.15. The number of aromatic nitrogens is 1. The van der Waals surface area contributed by atoms with Crippen LogP contribution in [0, 0.1) is 14.4 Å². The first-order chi connectivity index (χ1) is 3.79. The van der Waals surface area contributed by atoms with Gasteiger partial charge in [-0.2, -0.15) is 0 Å². The molecule has 0 fully saturated rings. The van der Waals surface area contributed by atoms with Gasteiger partial charge in [0.15, 0.2) is 12.4 Å². The summed E-state index contributed by atoms with van der Waals surface area (Å²) in [5.41, 5.74) is 1.31. The second-order valence-electron chi connectivity index (χ2n) is 2.04. The van der Waals surface area contributed by atoms with Gasteiger partial charge in [0.25, 0.3) is 0 Å². The van der Waals surface area contributed by atoms with Crippen LogP contribution in [0.5, 0.6) is 0 Å². The summed E-state index contributed by atoms with van der Waals surface area (Å²) in [5, 5.41) is 0. The summed E-state index contributed by atoms with van der Waals surface area (Å²) in [5.74, 6) is 0. The molecule has 0 aliphatic carbocycles. The summed E-state index contributed by atoms with van der Waals surface area (Å²) in [6.45, 7) is 2.08. The van der Waals surface area contributed by atoms with E-state index in [2.05, 4.69) is 19.1 Å². The molecular weight excluding hydrogens is 110 g/mol. The van der Waals surface area contributed by atoms with Crippen LogP contribution in [-0.4, -0.2) is 0 Å². The molecule has 1 aromatic rings. The fourth-order valence-corrected chi connectivity index (χ4v) is 0.576. The molecule has 0 saturated carbocycles. The van der Waals surface area contributed by atoms with E-state index in [9.17, 15) is 0 Å². The third-order valence-corrected chi connectivity index (χ3v) is 1.15. The Morgan fingerprint density at radius 2 is 1.67 bits per heavy atom. The standard InChI is InChI=1S/C7H10N.CH3/c1-7-3-5-8(2)6-4-7;/h3-6H,1-2H3;1H3/q+1;-1. The maximum atomic E-state index is 2.08. The second-order valence-corrected chi connectivity index (χ2v) is 2.04. The number of hydrogen-bond donors (Lipinski definition) is 0. The van der Waals surface area contributed by atoms with Crippen molar-refractivity contribution in [1.29, 1.82) is 0 Å². The summed E-state index contributed by atoms with van der Waals surface area (Å²) >= 11 is 0. The van der Waals surface area contributed by atoms with E-state index in [1.54, 1.807) is 0 Å². The van der Waals surface area contributed by atoms with Gasteiger partial charge in [-0.1, -0.05) is 0 Å². The van der Waals surface area contributed by atoms with Crippen LogP contribution in [0.2, 0.25) is 0 Å². The quantitative estimate of drug-likeness (QED) is 0.361. The van der Waals surface area contributed by atoms with Crippen molar-refractivity contribution in [2.45, 2.75) is 6.92 Å². The average molecular weight is 123 g/mol. The Labute approximate surface area is 57.0 Å². The monoisotopic (exact) mass is 123 g/mol. The highest BCUT2D eigenvalue weighted by molar-refractivity contribution is 5.02. The zero-order valence-corrected chi connectivity index (χ0v) is 6.26. The third-order valence-electron chi connectivity index (χ3n) is 1.15. The predicted octanol–water partition coefficient (Wildman–Crippen LogP) is 1.27. The molecule has 0 aliphatic heterocycles. The highest BCUT2D eigenvalue weighted by atomic mass is 14.9. The Hall–Kier alpha value is -0.850. The minimum absolute atomic E-state index is 0. The van der Waals surface area contributed by atoms with Crippen LogP contribution in [0.3, 0.4) is 0 Å². The summed E-state index contributed by atoms with van der Waals surface area (Å²) in [6.07, 6.45) is 4.07. The highest BCUT2D eigenvalue weighted by Gasteiger charge is 1.85. The molecule has 1 heteroatoms. The molecule has 1 heterocycles. The highest BCUT2D eigenvalue weighted by Crippen LogP contribution is 1.87. The van der Waals surface area contributed by atoms with Crippen LogP contribution in [0.15, 0.2) is 24.5 Å². The van der Waals surface area contributed by atoms with Gasteiger partial charge in [0.05, 0.1) is 0 Å². The molecule has 0 unspecified atom stereocenters. The van der Waals surface area contributed by atoms with E-state index < -0.39 is 0 Å². The average Bonchev–Trinajstić information content (AvgIpc) is 1.77. The van der Waals surface area contributed by atoms with E-state index in [-0.39, 0.29) is 7.43 Å². The van der Waals surface area contributed by atoms with Crippen molar-refractivity contribution < 1.29 is 4.57 Å². The van der Waals surface area contributed by atoms with E-state index in [4.69, 9.17) is 0 Å². The molecule has 0 radical (unpaired) electrons. The van der Waals surface area contributed by atoms with Gasteiger partial charge in [-0.3, -0.25) is 0 Å². The van der Waals surface area contributed by atoms with Crippen molar-refractivity contribution in [2.24, 2.45) is 7.05 Å². The number of nitrogens with zero attached hydrogens (tertiary/aromatic N) is 1. The molecule has 50 valence electrons. The fraction of sp³-hybridized carbons (Fsp3) is 0.250. The Kier molecular flexibility index (Phi) is 2.93. The topological polar surface area (TPSA) is 3.88 Å². The van der Waals surface area contributed by atoms with Crippen LogP contribution in [0.1, 0.15) is 5.56 Å². The number of aryl methyl sites for hydroxylation is 2. The molecule has 1 aromatic heterocycles.